The first-order valence-corrected chi connectivity index (χ1v) is 11.1. The lowest BCUT2D eigenvalue weighted by molar-refractivity contribution is 0.174. The van der Waals surface area contributed by atoms with Crippen molar-refractivity contribution in [2.75, 3.05) is 11.7 Å². The first-order valence-electron chi connectivity index (χ1n) is 10.7. The summed E-state index contributed by atoms with van der Waals surface area (Å²) in [6.45, 7) is 2.32. The van der Waals surface area contributed by atoms with Gasteiger partial charge in [-0.05, 0) is 67.7 Å². The molecule has 0 saturated carbocycles. The lowest BCUT2D eigenvalue weighted by Crippen LogP contribution is -2.30. The summed E-state index contributed by atoms with van der Waals surface area (Å²) in [5, 5.41) is 4.15. The average Bonchev–Trinajstić information content (AvgIpc) is 3.56. The summed E-state index contributed by atoms with van der Waals surface area (Å²) < 4.78 is 13.4. The van der Waals surface area contributed by atoms with Crippen molar-refractivity contribution in [3.8, 4) is 17.2 Å². The molecule has 0 aliphatic carbocycles. The maximum atomic E-state index is 5.86. The van der Waals surface area contributed by atoms with E-state index in [-0.39, 0.29) is 18.9 Å². The maximum absolute atomic E-state index is 5.86. The van der Waals surface area contributed by atoms with Crippen molar-refractivity contribution in [3.63, 3.8) is 0 Å². The zero-order valence-electron chi connectivity index (χ0n) is 17.9. The predicted molar refractivity (Wildman–Crippen MR) is 129 cm³/mol. The number of hydrogen-bond donors (Lipinski definition) is 1. The standard InChI is InChI=1S/C25H21N5O2S/c1-16-7-9-20(29(16)18-5-4-11-26-14-18)24-23(19-6-2-3-12-27-19)28-25(33)30(24)17-8-10-21-22(13-17)32-15-31-21/h2-14,23-24H,15H2,1H3,(H,28,33)/t23-,24+/m1/s1. The van der Waals surface area contributed by atoms with Crippen molar-refractivity contribution in [2.24, 2.45) is 0 Å². The van der Waals surface area contributed by atoms with Crippen LogP contribution in [0.4, 0.5) is 5.69 Å². The zero-order valence-corrected chi connectivity index (χ0v) is 18.7. The van der Waals surface area contributed by atoms with E-state index in [1.165, 1.54) is 0 Å². The van der Waals surface area contributed by atoms with E-state index < -0.39 is 0 Å². The molecule has 2 aliphatic heterocycles. The third-order valence-electron chi connectivity index (χ3n) is 6.05. The number of rotatable bonds is 4. The Hall–Kier alpha value is -3.91. The van der Waals surface area contributed by atoms with Crippen LogP contribution < -0.4 is 19.7 Å². The molecule has 0 radical (unpaired) electrons. The van der Waals surface area contributed by atoms with E-state index in [2.05, 4.69) is 49.9 Å². The minimum atomic E-state index is -0.151. The van der Waals surface area contributed by atoms with E-state index in [1.54, 1.807) is 6.20 Å². The number of benzene rings is 1. The van der Waals surface area contributed by atoms with E-state index in [9.17, 15) is 0 Å². The van der Waals surface area contributed by atoms with Crippen molar-refractivity contribution >= 4 is 23.0 Å². The van der Waals surface area contributed by atoms with E-state index >= 15 is 0 Å². The Bertz CT molecular complexity index is 1330. The van der Waals surface area contributed by atoms with E-state index in [0.717, 1.165) is 34.2 Å². The topological polar surface area (TPSA) is 64.4 Å². The molecule has 6 rings (SSSR count). The number of nitrogens with one attached hydrogen (secondary N) is 1. The van der Waals surface area contributed by atoms with Gasteiger partial charge in [0.25, 0.3) is 0 Å². The molecule has 0 unspecified atom stereocenters. The number of fused-ring (bicyclic) bond motifs is 1. The molecule has 1 N–H and O–H groups in total. The molecule has 164 valence electrons. The SMILES string of the molecule is Cc1ccc([C@H]2[C@@H](c3ccccn3)NC(=S)N2c2ccc3c(c2)OCO3)n1-c1cccnc1. The minimum Gasteiger partial charge on any atom is -0.454 e. The van der Waals surface area contributed by atoms with Gasteiger partial charge in [0.2, 0.25) is 6.79 Å². The highest BCUT2D eigenvalue weighted by Gasteiger charge is 2.42. The molecule has 1 saturated heterocycles. The lowest BCUT2D eigenvalue weighted by atomic mass is 10.0. The van der Waals surface area contributed by atoms with Crippen LogP contribution in [0.2, 0.25) is 0 Å². The molecule has 1 aromatic carbocycles. The number of aromatic nitrogens is 3. The Balaban J connectivity index is 1.53. The zero-order chi connectivity index (χ0) is 22.4. The Kier molecular flexibility index (Phi) is 4.73. The highest BCUT2D eigenvalue weighted by molar-refractivity contribution is 7.80. The van der Waals surface area contributed by atoms with Crippen LogP contribution in [0.3, 0.4) is 0 Å². The highest BCUT2D eigenvalue weighted by atomic mass is 32.1. The number of ether oxygens (including phenoxy) is 2. The number of aryl methyl sites for hydroxylation is 1. The van der Waals surface area contributed by atoms with Crippen molar-refractivity contribution in [3.05, 3.63) is 96.3 Å². The number of anilines is 1. The molecular formula is C25H21N5O2S. The summed E-state index contributed by atoms with van der Waals surface area (Å²) in [5.74, 6) is 1.46. The van der Waals surface area contributed by atoms with Gasteiger partial charge in [-0.25, -0.2) is 0 Å². The van der Waals surface area contributed by atoms with Crippen molar-refractivity contribution in [1.82, 2.24) is 19.9 Å². The first-order chi connectivity index (χ1) is 16.2. The molecule has 0 spiro atoms. The third kappa shape index (κ3) is 3.30. The minimum absolute atomic E-state index is 0.145. The molecule has 0 bridgehead atoms. The van der Waals surface area contributed by atoms with Gasteiger partial charge in [0.1, 0.15) is 6.04 Å². The second-order valence-electron chi connectivity index (χ2n) is 7.98. The lowest BCUT2D eigenvalue weighted by Gasteiger charge is -2.29. The van der Waals surface area contributed by atoms with Crippen LogP contribution in [0.1, 0.15) is 29.2 Å². The second kappa shape index (κ2) is 7.90. The van der Waals surface area contributed by atoms with Crippen LogP contribution in [0.15, 0.2) is 79.3 Å². The summed E-state index contributed by atoms with van der Waals surface area (Å²) >= 11 is 5.86. The van der Waals surface area contributed by atoms with Crippen LogP contribution in [0, 0.1) is 6.92 Å². The van der Waals surface area contributed by atoms with Gasteiger partial charge in [-0.3, -0.25) is 9.97 Å². The molecule has 2 atom stereocenters. The first kappa shape index (κ1) is 19.8. The molecule has 5 heterocycles. The van der Waals surface area contributed by atoms with Gasteiger partial charge in [-0.1, -0.05) is 6.07 Å². The summed E-state index contributed by atoms with van der Waals surface area (Å²) in [4.78, 5) is 11.1. The molecule has 0 amide bonds. The van der Waals surface area contributed by atoms with Crippen LogP contribution in [0.25, 0.3) is 5.69 Å². The summed E-state index contributed by atoms with van der Waals surface area (Å²) in [5.41, 5.74) is 5.04. The van der Waals surface area contributed by atoms with E-state index in [0.29, 0.717) is 10.9 Å². The Morgan fingerprint density at radius 2 is 1.88 bits per heavy atom. The molecule has 2 aliphatic rings. The van der Waals surface area contributed by atoms with Gasteiger partial charge in [0, 0.05) is 35.5 Å². The number of hydrogen-bond acceptors (Lipinski definition) is 5. The highest BCUT2D eigenvalue weighted by Crippen LogP contribution is 2.45. The van der Waals surface area contributed by atoms with Gasteiger partial charge in [0.05, 0.1) is 23.6 Å². The largest absolute Gasteiger partial charge is 0.454 e. The second-order valence-corrected chi connectivity index (χ2v) is 8.37. The molecule has 4 aromatic rings. The Labute approximate surface area is 196 Å². The summed E-state index contributed by atoms with van der Waals surface area (Å²) in [6, 6.07) is 19.9. The van der Waals surface area contributed by atoms with Gasteiger partial charge < -0.3 is 24.3 Å². The monoisotopic (exact) mass is 455 g/mol. The Morgan fingerprint density at radius 3 is 2.70 bits per heavy atom. The van der Waals surface area contributed by atoms with Crippen LogP contribution >= 0.6 is 12.2 Å². The quantitative estimate of drug-likeness (QED) is 0.455. The molecule has 1 fully saturated rings. The molecule has 3 aromatic heterocycles. The predicted octanol–water partition coefficient (Wildman–Crippen LogP) is 4.48. The summed E-state index contributed by atoms with van der Waals surface area (Å²) in [6.07, 6.45) is 5.47. The van der Waals surface area contributed by atoms with Crippen molar-refractivity contribution < 1.29 is 9.47 Å². The summed E-state index contributed by atoms with van der Waals surface area (Å²) in [7, 11) is 0. The fourth-order valence-corrected chi connectivity index (χ4v) is 4.94. The molecule has 8 heteroatoms. The third-order valence-corrected chi connectivity index (χ3v) is 6.36. The van der Waals surface area contributed by atoms with Gasteiger partial charge in [-0.15, -0.1) is 0 Å². The van der Waals surface area contributed by atoms with Crippen LogP contribution in [-0.4, -0.2) is 26.4 Å². The number of nitrogens with zero attached hydrogens (tertiary/aromatic N) is 4. The maximum Gasteiger partial charge on any atom is 0.231 e. The van der Waals surface area contributed by atoms with E-state index in [4.69, 9.17) is 21.7 Å². The fourth-order valence-electron chi connectivity index (χ4n) is 4.60. The fraction of sp³-hybridized carbons (Fsp3) is 0.160. The molecular weight excluding hydrogens is 434 g/mol. The number of pyridine rings is 2. The van der Waals surface area contributed by atoms with Crippen molar-refractivity contribution in [1.29, 1.82) is 0 Å². The van der Waals surface area contributed by atoms with E-state index in [1.807, 2.05) is 54.9 Å². The smallest absolute Gasteiger partial charge is 0.231 e. The molecule has 33 heavy (non-hydrogen) atoms. The van der Waals surface area contributed by atoms with Gasteiger partial charge in [-0.2, -0.15) is 0 Å². The normalized spacial score (nSPS) is 19.1. The van der Waals surface area contributed by atoms with Gasteiger partial charge in [0.15, 0.2) is 16.6 Å². The average molecular weight is 456 g/mol. The Morgan fingerprint density at radius 1 is 0.970 bits per heavy atom. The molecule has 7 nitrogen and oxygen atoms in total. The van der Waals surface area contributed by atoms with Crippen LogP contribution in [-0.2, 0) is 0 Å². The van der Waals surface area contributed by atoms with Crippen LogP contribution in [0.5, 0.6) is 11.5 Å². The van der Waals surface area contributed by atoms with Gasteiger partial charge >= 0.3 is 0 Å². The number of thiocarbonyl (C=S) groups is 1. The van der Waals surface area contributed by atoms with Crippen molar-refractivity contribution in [2.45, 2.75) is 19.0 Å².